The second-order valence-electron chi connectivity index (χ2n) is 4.03. The minimum absolute atomic E-state index is 0.890. The summed E-state index contributed by atoms with van der Waals surface area (Å²) in [5, 5.41) is 0. The molecule has 0 rings (SSSR count). The maximum atomic E-state index is 2.32. The maximum absolute atomic E-state index is 2.32. The van der Waals surface area contributed by atoms with E-state index in [0.717, 1.165) is 11.8 Å². The molecule has 68 valence electrons. The van der Waals surface area contributed by atoms with Crippen LogP contribution < -0.4 is 0 Å². The third kappa shape index (κ3) is 6.40. The summed E-state index contributed by atoms with van der Waals surface area (Å²) in [4.78, 5) is 0. The van der Waals surface area contributed by atoms with Crippen LogP contribution in [0.3, 0.4) is 0 Å². The molecule has 0 bridgehead atoms. The van der Waals surface area contributed by atoms with Crippen LogP contribution in [0.15, 0.2) is 0 Å². The van der Waals surface area contributed by atoms with Crippen LogP contribution in [0.5, 0.6) is 0 Å². The predicted octanol–water partition coefficient (Wildman–Crippen LogP) is 4.25. The number of hydrogen-bond donors (Lipinski definition) is 0. The highest BCUT2D eigenvalue weighted by Gasteiger charge is 2.05. The van der Waals surface area contributed by atoms with Gasteiger partial charge in [0, 0.05) is 0 Å². The van der Waals surface area contributed by atoms with Gasteiger partial charge in [0.2, 0.25) is 0 Å². The SMILES string of the molecule is CCC[C@@H](CC)CCC(C)C. The molecule has 0 saturated carbocycles. The van der Waals surface area contributed by atoms with E-state index in [-0.39, 0.29) is 0 Å². The first-order valence-electron chi connectivity index (χ1n) is 5.20. The Bertz CT molecular complexity index is 74.1. The molecule has 0 aromatic heterocycles. The van der Waals surface area contributed by atoms with Gasteiger partial charge in [0.25, 0.3) is 0 Å². The summed E-state index contributed by atoms with van der Waals surface area (Å²) in [7, 11) is 0. The molecule has 0 unspecified atom stereocenters. The van der Waals surface area contributed by atoms with Gasteiger partial charge in [0.05, 0.1) is 0 Å². The second kappa shape index (κ2) is 6.69. The van der Waals surface area contributed by atoms with E-state index in [0.29, 0.717) is 0 Å². The standard InChI is InChI=1S/C11H24/c1-5-7-11(6-2)9-8-10(3)4/h10-11H,5-9H2,1-4H3/t11-/m1/s1. The molecular formula is C11H24. The quantitative estimate of drug-likeness (QED) is 0.539. The van der Waals surface area contributed by atoms with E-state index in [1.807, 2.05) is 0 Å². The van der Waals surface area contributed by atoms with Crippen LogP contribution >= 0.6 is 0 Å². The molecule has 0 amide bonds. The van der Waals surface area contributed by atoms with Crippen LogP contribution in [0.2, 0.25) is 0 Å². The Labute approximate surface area is 72.4 Å². The summed E-state index contributed by atoms with van der Waals surface area (Å²) in [5.74, 6) is 1.89. The van der Waals surface area contributed by atoms with Crippen molar-refractivity contribution in [3.05, 3.63) is 0 Å². The first-order valence-corrected chi connectivity index (χ1v) is 5.20. The van der Waals surface area contributed by atoms with Gasteiger partial charge in [-0.15, -0.1) is 0 Å². The average Bonchev–Trinajstić information content (AvgIpc) is 1.97. The molecule has 0 N–H and O–H groups in total. The fourth-order valence-corrected chi connectivity index (χ4v) is 1.53. The molecule has 11 heavy (non-hydrogen) atoms. The van der Waals surface area contributed by atoms with Gasteiger partial charge in [-0.05, 0) is 11.8 Å². The van der Waals surface area contributed by atoms with E-state index in [9.17, 15) is 0 Å². The first kappa shape index (κ1) is 11.0. The van der Waals surface area contributed by atoms with E-state index in [1.165, 1.54) is 32.1 Å². The molecule has 0 heterocycles. The van der Waals surface area contributed by atoms with Crippen molar-refractivity contribution in [2.75, 3.05) is 0 Å². The molecule has 0 aromatic rings. The summed E-state index contributed by atoms with van der Waals surface area (Å²) in [6.45, 7) is 9.25. The lowest BCUT2D eigenvalue weighted by Crippen LogP contribution is -2.00. The largest absolute Gasteiger partial charge is 0.0654 e. The van der Waals surface area contributed by atoms with Crippen molar-refractivity contribution in [1.82, 2.24) is 0 Å². The fraction of sp³-hybridized carbons (Fsp3) is 1.00. The minimum atomic E-state index is 0.890. The van der Waals surface area contributed by atoms with Gasteiger partial charge in [-0.1, -0.05) is 59.8 Å². The van der Waals surface area contributed by atoms with E-state index in [1.54, 1.807) is 0 Å². The van der Waals surface area contributed by atoms with Crippen molar-refractivity contribution < 1.29 is 0 Å². The zero-order chi connectivity index (χ0) is 8.69. The van der Waals surface area contributed by atoms with Crippen molar-refractivity contribution in [2.45, 2.75) is 59.8 Å². The van der Waals surface area contributed by atoms with Crippen LogP contribution in [0.4, 0.5) is 0 Å². The van der Waals surface area contributed by atoms with E-state index in [2.05, 4.69) is 27.7 Å². The number of rotatable bonds is 6. The molecular weight excluding hydrogens is 132 g/mol. The van der Waals surface area contributed by atoms with Gasteiger partial charge in [-0.3, -0.25) is 0 Å². The first-order chi connectivity index (χ1) is 5.20. The van der Waals surface area contributed by atoms with Gasteiger partial charge in [0.1, 0.15) is 0 Å². The third-order valence-electron chi connectivity index (χ3n) is 2.43. The van der Waals surface area contributed by atoms with Crippen molar-refractivity contribution in [3.8, 4) is 0 Å². The van der Waals surface area contributed by atoms with Crippen LogP contribution in [0.1, 0.15) is 59.8 Å². The molecule has 0 fully saturated rings. The molecule has 0 aliphatic heterocycles. The molecule has 0 aliphatic rings. The predicted molar refractivity (Wildman–Crippen MR) is 52.8 cm³/mol. The molecule has 0 heteroatoms. The van der Waals surface area contributed by atoms with E-state index < -0.39 is 0 Å². The molecule has 0 nitrogen and oxygen atoms in total. The third-order valence-corrected chi connectivity index (χ3v) is 2.43. The smallest absolute Gasteiger partial charge is 0.0417 e. The average molecular weight is 156 g/mol. The second-order valence-corrected chi connectivity index (χ2v) is 4.03. The highest BCUT2D eigenvalue weighted by molar-refractivity contribution is 4.58. The summed E-state index contributed by atoms with van der Waals surface area (Å²) in [6.07, 6.45) is 7.03. The van der Waals surface area contributed by atoms with Crippen molar-refractivity contribution in [2.24, 2.45) is 11.8 Å². The Morgan fingerprint density at radius 1 is 0.909 bits per heavy atom. The monoisotopic (exact) mass is 156 g/mol. The van der Waals surface area contributed by atoms with Gasteiger partial charge >= 0.3 is 0 Å². The topological polar surface area (TPSA) is 0 Å². The lowest BCUT2D eigenvalue weighted by molar-refractivity contribution is 0.387. The summed E-state index contributed by atoms with van der Waals surface area (Å²) >= 11 is 0. The summed E-state index contributed by atoms with van der Waals surface area (Å²) in [5.41, 5.74) is 0. The van der Waals surface area contributed by atoms with Crippen LogP contribution in [0.25, 0.3) is 0 Å². The van der Waals surface area contributed by atoms with Crippen LogP contribution in [-0.2, 0) is 0 Å². The highest BCUT2D eigenvalue weighted by Crippen LogP contribution is 2.19. The van der Waals surface area contributed by atoms with Gasteiger partial charge in [-0.25, -0.2) is 0 Å². The lowest BCUT2D eigenvalue weighted by atomic mass is 9.92. The van der Waals surface area contributed by atoms with Gasteiger partial charge in [-0.2, -0.15) is 0 Å². The number of hydrogen-bond acceptors (Lipinski definition) is 0. The Kier molecular flexibility index (Phi) is 6.69. The molecule has 0 aromatic carbocycles. The van der Waals surface area contributed by atoms with Crippen LogP contribution in [0, 0.1) is 11.8 Å². The Morgan fingerprint density at radius 3 is 1.91 bits per heavy atom. The molecule has 0 saturated heterocycles. The van der Waals surface area contributed by atoms with Crippen molar-refractivity contribution in [3.63, 3.8) is 0 Å². The Balaban J connectivity index is 3.35. The summed E-state index contributed by atoms with van der Waals surface area (Å²) in [6, 6.07) is 0. The van der Waals surface area contributed by atoms with Crippen LogP contribution in [-0.4, -0.2) is 0 Å². The van der Waals surface area contributed by atoms with Gasteiger partial charge < -0.3 is 0 Å². The molecule has 0 aliphatic carbocycles. The van der Waals surface area contributed by atoms with E-state index >= 15 is 0 Å². The molecule has 0 radical (unpaired) electrons. The van der Waals surface area contributed by atoms with E-state index in [4.69, 9.17) is 0 Å². The lowest BCUT2D eigenvalue weighted by Gasteiger charge is -2.14. The Morgan fingerprint density at radius 2 is 1.55 bits per heavy atom. The highest BCUT2D eigenvalue weighted by atomic mass is 14.1. The Hall–Kier alpha value is 0. The van der Waals surface area contributed by atoms with Crippen molar-refractivity contribution >= 4 is 0 Å². The summed E-state index contributed by atoms with van der Waals surface area (Å²) < 4.78 is 0. The fourth-order valence-electron chi connectivity index (χ4n) is 1.53. The zero-order valence-electron chi connectivity index (χ0n) is 8.69. The minimum Gasteiger partial charge on any atom is -0.0654 e. The van der Waals surface area contributed by atoms with Gasteiger partial charge in [0.15, 0.2) is 0 Å². The molecule has 0 spiro atoms. The zero-order valence-corrected chi connectivity index (χ0v) is 8.69. The van der Waals surface area contributed by atoms with Crippen molar-refractivity contribution in [1.29, 1.82) is 0 Å². The normalized spacial score (nSPS) is 13.9. The maximum Gasteiger partial charge on any atom is -0.0417 e. The molecule has 1 atom stereocenters.